The van der Waals surface area contributed by atoms with E-state index in [4.69, 9.17) is 17.3 Å². The van der Waals surface area contributed by atoms with Crippen LogP contribution in [0.2, 0.25) is 5.02 Å². The summed E-state index contributed by atoms with van der Waals surface area (Å²) in [7, 11) is 0. The fourth-order valence-corrected chi connectivity index (χ4v) is 3.37. The molecule has 0 atom stereocenters. The number of ether oxygens (including phenoxy) is 1. The van der Waals surface area contributed by atoms with Crippen LogP contribution in [-0.4, -0.2) is 38.4 Å². The Morgan fingerprint density at radius 2 is 1.69 bits per heavy atom. The molecule has 0 fully saturated rings. The standard InChI is InChI=1S/C21H16ClF3N8O3/c22-15-6-3-12(7-14(15)21(23,24)25)31-19(34)30-11-1-4-13(5-2-11)33-10-29-16-17(27-9-28-18(16)33)32-20(35)36-8-26/h1-7,9-10H,8,26H2,(H2,30,31,34)(H,27,28,32,35). The monoisotopic (exact) mass is 520 g/mol. The fraction of sp³-hybridized carbons (Fsp3) is 0.0952. The summed E-state index contributed by atoms with van der Waals surface area (Å²) in [5.74, 6) is 0.128. The van der Waals surface area contributed by atoms with E-state index >= 15 is 0 Å². The summed E-state index contributed by atoms with van der Waals surface area (Å²) in [4.78, 5) is 36.3. The largest absolute Gasteiger partial charge is 0.434 e. The van der Waals surface area contributed by atoms with Crippen LogP contribution in [0.3, 0.4) is 0 Å². The Morgan fingerprint density at radius 3 is 2.39 bits per heavy atom. The first kappa shape index (κ1) is 24.7. The highest BCUT2D eigenvalue weighted by molar-refractivity contribution is 6.31. The van der Waals surface area contributed by atoms with Crippen molar-refractivity contribution in [2.24, 2.45) is 5.73 Å². The Kier molecular flexibility index (Phi) is 6.89. The van der Waals surface area contributed by atoms with Crippen LogP contribution < -0.4 is 21.7 Å². The third-order valence-corrected chi connectivity index (χ3v) is 5.03. The van der Waals surface area contributed by atoms with Gasteiger partial charge in [-0.15, -0.1) is 0 Å². The van der Waals surface area contributed by atoms with E-state index in [1.165, 1.54) is 18.7 Å². The minimum absolute atomic E-state index is 0.0785. The molecule has 4 aromatic rings. The average Bonchev–Trinajstić information content (AvgIpc) is 3.25. The van der Waals surface area contributed by atoms with E-state index in [9.17, 15) is 22.8 Å². The van der Waals surface area contributed by atoms with Crippen LogP contribution in [0.5, 0.6) is 0 Å². The van der Waals surface area contributed by atoms with E-state index in [-0.39, 0.29) is 18.2 Å². The summed E-state index contributed by atoms with van der Waals surface area (Å²) in [6, 6.07) is 8.75. The van der Waals surface area contributed by atoms with Crippen molar-refractivity contribution in [2.75, 3.05) is 22.7 Å². The number of rotatable bonds is 5. The highest BCUT2D eigenvalue weighted by Crippen LogP contribution is 2.36. The van der Waals surface area contributed by atoms with E-state index in [1.54, 1.807) is 28.8 Å². The van der Waals surface area contributed by atoms with Gasteiger partial charge in [-0.2, -0.15) is 13.2 Å². The van der Waals surface area contributed by atoms with E-state index in [0.29, 0.717) is 22.5 Å². The summed E-state index contributed by atoms with van der Waals surface area (Å²) < 4.78 is 45.3. The van der Waals surface area contributed by atoms with Crippen molar-refractivity contribution in [3.63, 3.8) is 0 Å². The molecule has 15 heteroatoms. The minimum atomic E-state index is -4.66. The smallest absolute Gasteiger partial charge is 0.417 e. The van der Waals surface area contributed by atoms with Crippen molar-refractivity contribution in [1.29, 1.82) is 0 Å². The number of fused-ring (bicyclic) bond motifs is 1. The number of anilines is 3. The first-order valence-electron chi connectivity index (χ1n) is 10.0. The highest BCUT2D eigenvalue weighted by atomic mass is 35.5. The molecule has 11 nitrogen and oxygen atoms in total. The quantitative estimate of drug-likeness (QED) is 0.281. The lowest BCUT2D eigenvalue weighted by Gasteiger charge is -2.12. The molecule has 0 aliphatic carbocycles. The average molecular weight is 521 g/mol. The van der Waals surface area contributed by atoms with Crippen molar-refractivity contribution >= 4 is 52.1 Å². The van der Waals surface area contributed by atoms with E-state index in [1.807, 2.05) is 0 Å². The number of alkyl halides is 3. The maximum absolute atomic E-state index is 13.0. The number of amides is 3. The summed E-state index contributed by atoms with van der Waals surface area (Å²) in [5.41, 5.74) is 5.70. The molecule has 0 aliphatic heterocycles. The van der Waals surface area contributed by atoms with Crippen LogP contribution in [-0.2, 0) is 10.9 Å². The number of halogens is 4. The molecular weight excluding hydrogens is 505 g/mol. The van der Waals surface area contributed by atoms with Gasteiger partial charge in [-0.3, -0.25) is 15.6 Å². The van der Waals surface area contributed by atoms with Crippen LogP contribution in [0.1, 0.15) is 5.56 Å². The Labute approximate surface area is 205 Å². The molecule has 36 heavy (non-hydrogen) atoms. The van der Waals surface area contributed by atoms with Gasteiger partial charge in [0.2, 0.25) is 0 Å². The second kappa shape index (κ2) is 10.1. The van der Waals surface area contributed by atoms with E-state index < -0.39 is 28.9 Å². The lowest BCUT2D eigenvalue weighted by molar-refractivity contribution is -0.137. The number of urea groups is 1. The van der Waals surface area contributed by atoms with Crippen LogP contribution in [0.25, 0.3) is 16.9 Å². The Balaban J connectivity index is 1.47. The molecule has 0 aliphatic rings. The summed E-state index contributed by atoms with van der Waals surface area (Å²) in [5, 5.41) is 6.81. The van der Waals surface area contributed by atoms with Crippen molar-refractivity contribution in [2.45, 2.75) is 6.18 Å². The van der Waals surface area contributed by atoms with Gasteiger partial charge in [0.15, 0.2) is 17.0 Å². The molecule has 186 valence electrons. The predicted molar refractivity (Wildman–Crippen MR) is 125 cm³/mol. The van der Waals surface area contributed by atoms with Crippen LogP contribution in [0.15, 0.2) is 55.1 Å². The maximum Gasteiger partial charge on any atom is 0.417 e. The SMILES string of the molecule is NCOC(=O)Nc1ncnc2c1ncn2-c1ccc(NC(=O)Nc2ccc(Cl)c(C(F)(F)F)c2)cc1. The fourth-order valence-electron chi connectivity index (χ4n) is 3.14. The normalized spacial score (nSPS) is 11.2. The van der Waals surface area contributed by atoms with Gasteiger partial charge >= 0.3 is 18.3 Å². The van der Waals surface area contributed by atoms with Gasteiger partial charge in [0, 0.05) is 17.1 Å². The van der Waals surface area contributed by atoms with Crippen LogP contribution >= 0.6 is 11.6 Å². The van der Waals surface area contributed by atoms with Crippen molar-refractivity contribution in [3.8, 4) is 5.69 Å². The zero-order valence-corrected chi connectivity index (χ0v) is 18.8. The molecule has 0 spiro atoms. The molecular formula is C21H16ClF3N8O3. The Hall–Kier alpha value is -4.43. The number of nitrogens with two attached hydrogens (primary N) is 1. The van der Waals surface area contributed by atoms with Gasteiger partial charge in [0.05, 0.1) is 10.6 Å². The van der Waals surface area contributed by atoms with Crippen molar-refractivity contribution in [1.82, 2.24) is 19.5 Å². The van der Waals surface area contributed by atoms with Gasteiger partial charge < -0.3 is 15.4 Å². The predicted octanol–water partition coefficient (Wildman–Crippen LogP) is 4.60. The number of hydrogen-bond acceptors (Lipinski definition) is 7. The van der Waals surface area contributed by atoms with E-state index in [2.05, 4.69) is 35.6 Å². The molecule has 5 N–H and O–H groups in total. The molecule has 2 aromatic carbocycles. The van der Waals surface area contributed by atoms with E-state index in [0.717, 1.165) is 12.1 Å². The molecule has 2 aromatic heterocycles. The Morgan fingerprint density at radius 1 is 1.00 bits per heavy atom. The number of nitrogens with zero attached hydrogens (tertiary/aromatic N) is 4. The van der Waals surface area contributed by atoms with Gasteiger partial charge in [0.25, 0.3) is 0 Å². The number of carbonyl (C=O) groups excluding carboxylic acids is 2. The maximum atomic E-state index is 13.0. The third-order valence-electron chi connectivity index (χ3n) is 4.70. The molecule has 2 heterocycles. The summed E-state index contributed by atoms with van der Waals surface area (Å²) >= 11 is 5.59. The first-order chi connectivity index (χ1) is 17.2. The second-order valence-corrected chi connectivity index (χ2v) is 7.46. The molecule has 0 radical (unpaired) electrons. The van der Waals surface area contributed by atoms with Crippen LogP contribution in [0, 0.1) is 0 Å². The molecule has 0 saturated heterocycles. The Bertz CT molecular complexity index is 1430. The lowest BCUT2D eigenvalue weighted by atomic mass is 10.2. The van der Waals surface area contributed by atoms with Crippen molar-refractivity contribution < 1.29 is 27.5 Å². The lowest BCUT2D eigenvalue weighted by Crippen LogP contribution is -2.20. The third kappa shape index (κ3) is 5.45. The number of nitrogens with one attached hydrogen (secondary N) is 3. The topological polar surface area (TPSA) is 149 Å². The number of hydrogen-bond donors (Lipinski definition) is 4. The van der Waals surface area contributed by atoms with Gasteiger partial charge in [0.1, 0.15) is 19.4 Å². The molecule has 3 amide bonds. The molecule has 0 saturated carbocycles. The molecule has 4 rings (SSSR count). The number of benzene rings is 2. The number of imidazole rings is 1. The number of aromatic nitrogens is 4. The van der Waals surface area contributed by atoms with Crippen molar-refractivity contribution in [3.05, 3.63) is 65.7 Å². The number of carbonyl (C=O) groups is 2. The summed E-state index contributed by atoms with van der Waals surface area (Å²) in [6.07, 6.45) is -2.75. The molecule has 0 bridgehead atoms. The first-order valence-corrected chi connectivity index (χ1v) is 10.4. The zero-order valence-electron chi connectivity index (χ0n) is 18.0. The summed E-state index contributed by atoms with van der Waals surface area (Å²) in [6.45, 7) is -0.304. The van der Waals surface area contributed by atoms with Gasteiger partial charge in [-0.25, -0.2) is 24.5 Å². The zero-order chi connectivity index (χ0) is 25.9. The van der Waals surface area contributed by atoms with Gasteiger partial charge in [-0.05, 0) is 42.5 Å². The molecule has 0 unspecified atom stereocenters. The van der Waals surface area contributed by atoms with Gasteiger partial charge in [-0.1, -0.05) is 11.6 Å². The minimum Gasteiger partial charge on any atom is -0.434 e. The second-order valence-electron chi connectivity index (χ2n) is 7.05. The van der Waals surface area contributed by atoms with Crippen LogP contribution in [0.4, 0.5) is 40.0 Å². The highest BCUT2D eigenvalue weighted by Gasteiger charge is 2.33.